The number of rotatable bonds is 11. The van der Waals surface area contributed by atoms with Crippen LogP contribution in [0.2, 0.25) is 0 Å². The van der Waals surface area contributed by atoms with Crippen molar-refractivity contribution >= 4 is 16.8 Å². The van der Waals surface area contributed by atoms with Crippen molar-refractivity contribution in [3.63, 3.8) is 0 Å². The second-order valence-electron chi connectivity index (χ2n) is 11.3. The van der Waals surface area contributed by atoms with E-state index in [4.69, 9.17) is 4.98 Å². The number of nitrogens with zero attached hydrogens (tertiary/aromatic N) is 3. The molecule has 1 amide bonds. The smallest absolute Gasteiger partial charge is 0.261 e. The van der Waals surface area contributed by atoms with Gasteiger partial charge in [-0.3, -0.25) is 14.2 Å². The minimum Gasteiger partial charge on any atom is -0.332 e. The van der Waals surface area contributed by atoms with Crippen molar-refractivity contribution in [2.45, 2.75) is 86.2 Å². The third-order valence-corrected chi connectivity index (χ3v) is 6.69. The number of para-hydroxylation sites is 1. The summed E-state index contributed by atoms with van der Waals surface area (Å²) in [5, 5.41) is 0.630. The van der Waals surface area contributed by atoms with Crippen LogP contribution in [0, 0.1) is 11.3 Å². The first-order valence-electron chi connectivity index (χ1n) is 13.5. The van der Waals surface area contributed by atoms with Gasteiger partial charge in [0.1, 0.15) is 5.82 Å². The van der Waals surface area contributed by atoms with Crippen LogP contribution in [0.4, 0.5) is 0 Å². The zero-order valence-corrected chi connectivity index (χ0v) is 23.0. The van der Waals surface area contributed by atoms with E-state index < -0.39 is 0 Å². The van der Waals surface area contributed by atoms with Gasteiger partial charge < -0.3 is 4.90 Å². The lowest BCUT2D eigenvalue weighted by Crippen LogP contribution is -2.40. The summed E-state index contributed by atoms with van der Waals surface area (Å²) in [6, 6.07) is 17.6. The molecule has 36 heavy (non-hydrogen) atoms. The molecule has 0 N–H and O–H groups in total. The summed E-state index contributed by atoms with van der Waals surface area (Å²) in [6.45, 7) is 14.2. The van der Waals surface area contributed by atoms with Gasteiger partial charge in [0.2, 0.25) is 5.91 Å². The van der Waals surface area contributed by atoms with E-state index in [-0.39, 0.29) is 28.8 Å². The highest BCUT2D eigenvalue weighted by molar-refractivity contribution is 5.78. The molecule has 0 aliphatic rings. The van der Waals surface area contributed by atoms with Gasteiger partial charge in [-0.15, -0.1) is 0 Å². The first kappa shape index (κ1) is 27.6. The maximum atomic E-state index is 13.9. The largest absolute Gasteiger partial charge is 0.332 e. The molecule has 5 nitrogen and oxygen atoms in total. The van der Waals surface area contributed by atoms with Crippen molar-refractivity contribution in [3.05, 3.63) is 76.3 Å². The SMILES string of the molecule is CCCn1c(C(CC)N(CCc2ccccc2)C(=O)CC(C)CC(C)(C)C)nc2ccccc2c1=O. The molecule has 0 saturated carbocycles. The Morgan fingerprint density at radius 3 is 2.33 bits per heavy atom. The summed E-state index contributed by atoms with van der Waals surface area (Å²) in [4.78, 5) is 34.3. The molecule has 3 rings (SSSR count). The normalized spacial score (nSPS) is 13.5. The van der Waals surface area contributed by atoms with Crippen LogP contribution in [0.25, 0.3) is 10.9 Å². The molecular weight excluding hydrogens is 446 g/mol. The Hall–Kier alpha value is -2.95. The van der Waals surface area contributed by atoms with Gasteiger partial charge >= 0.3 is 0 Å². The van der Waals surface area contributed by atoms with Gasteiger partial charge in [-0.05, 0) is 54.7 Å². The van der Waals surface area contributed by atoms with E-state index in [1.807, 2.05) is 47.4 Å². The lowest BCUT2D eigenvalue weighted by molar-refractivity contribution is -0.135. The molecule has 0 radical (unpaired) electrons. The Morgan fingerprint density at radius 2 is 1.69 bits per heavy atom. The summed E-state index contributed by atoms with van der Waals surface area (Å²) in [6.07, 6.45) is 3.76. The molecular formula is C31H43N3O2. The number of hydrogen-bond donors (Lipinski definition) is 0. The van der Waals surface area contributed by atoms with E-state index in [2.05, 4.69) is 53.7 Å². The van der Waals surface area contributed by atoms with E-state index in [9.17, 15) is 9.59 Å². The van der Waals surface area contributed by atoms with Gasteiger partial charge in [-0.1, -0.05) is 84.0 Å². The predicted molar refractivity (Wildman–Crippen MR) is 149 cm³/mol. The van der Waals surface area contributed by atoms with Crippen molar-refractivity contribution in [1.82, 2.24) is 14.5 Å². The van der Waals surface area contributed by atoms with Gasteiger partial charge in [-0.2, -0.15) is 0 Å². The van der Waals surface area contributed by atoms with Gasteiger partial charge in [0.05, 0.1) is 16.9 Å². The summed E-state index contributed by atoms with van der Waals surface area (Å²) in [5.41, 5.74) is 2.04. The Labute approximate surface area is 216 Å². The Kier molecular flexibility index (Phi) is 9.47. The molecule has 0 spiro atoms. The Morgan fingerprint density at radius 1 is 1.03 bits per heavy atom. The molecule has 1 aromatic heterocycles. The lowest BCUT2D eigenvalue weighted by Gasteiger charge is -2.34. The number of hydrogen-bond acceptors (Lipinski definition) is 3. The monoisotopic (exact) mass is 489 g/mol. The van der Waals surface area contributed by atoms with E-state index in [1.54, 1.807) is 4.57 Å². The van der Waals surface area contributed by atoms with Crippen LogP contribution in [0.5, 0.6) is 0 Å². The fraction of sp³-hybridized carbons (Fsp3) is 0.516. The van der Waals surface area contributed by atoms with E-state index in [1.165, 1.54) is 5.56 Å². The van der Waals surface area contributed by atoms with Gasteiger partial charge in [0.25, 0.3) is 5.56 Å². The average Bonchev–Trinajstić information content (AvgIpc) is 2.83. The molecule has 0 saturated heterocycles. The van der Waals surface area contributed by atoms with Crippen molar-refractivity contribution in [1.29, 1.82) is 0 Å². The molecule has 2 aromatic carbocycles. The average molecular weight is 490 g/mol. The summed E-state index contributed by atoms with van der Waals surface area (Å²) in [5.74, 6) is 1.12. The zero-order chi connectivity index (χ0) is 26.3. The van der Waals surface area contributed by atoms with Crippen LogP contribution in [0.15, 0.2) is 59.4 Å². The first-order chi connectivity index (χ1) is 17.1. The van der Waals surface area contributed by atoms with Crippen molar-refractivity contribution in [2.75, 3.05) is 6.54 Å². The molecule has 1 heterocycles. The minimum absolute atomic E-state index is 0.0209. The van der Waals surface area contributed by atoms with Crippen LogP contribution >= 0.6 is 0 Å². The topological polar surface area (TPSA) is 55.2 Å². The maximum absolute atomic E-state index is 13.9. The van der Waals surface area contributed by atoms with Crippen LogP contribution in [-0.2, 0) is 17.8 Å². The molecule has 0 aliphatic carbocycles. The molecule has 2 atom stereocenters. The summed E-state index contributed by atoms with van der Waals surface area (Å²) in [7, 11) is 0. The molecule has 2 unspecified atom stereocenters. The highest BCUT2D eigenvalue weighted by atomic mass is 16.2. The van der Waals surface area contributed by atoms with Crippen LogP contribution in [0.3, 0.4) is 0 Å². The van der Waals surface area contributed by atoms with Crippen molar-refractivity contribution < 1.29 is 4.79 Å². The van der Waals surface area contributed by atoms with Gasteiger partial charge in [0.15, 0.2) is 0 Å². The second-order valence-corrected chi connectivity index (χ2v) is 11.3. The fourth-order valence-electron chi connectivity index (χ4n) is 5.30. The van der Waals surface area contributed by atoms with Gasteiger partial charge in [-0.25, -0.2) is 4.98 Å². The number of benzene rings is 2. The maximum Gasteiger partial charge on any atom is 0.261 e. The molecule has 0 bridgehead atoms. The van der Waals surface area contributed by atoms with Crippen LogP contribution in [0.1, 0.15) is 84.7 Å². The highest BCUT2D eigenvalue weighted by Gasteiger charge is 2.29. The highest BCUT2D eigenvalue weighted by Crippen LogP contribution is 2.29. The third kappa shape index (κ3) is 7.05. The number of aromatic nitrogens is 2. The number of amides is 1. The second kappa shape index (κ2) is 12.3. The number of carbonyl (C=O) groups is 1. The van der Waals surface area contributed by atoms with Crippen molar-refractivity contribution in [3.8, 4) is 0 Å². The van der Waals surface area contributed by atoms with E-state index >= 15 is 0 Å². The van der Waals surface area contributed by atoms with Crippen LogP contribution in [-0.4, -0.2) is 26.9 Å². The third-order valence-electron chi connectivity index (χ3n) is 6.69. The van der Waals surface area contributed by atoms with Crippen molar-refractivity contribution in [2.24, 2.45) is 11.3 Å². The number of carbonyl (C=O) groups excluding carboxylic acids is 1. The Bertz CT molecular complexity index is 1190. The summed E-state index contributed by atoms with van der Waals surface area (Å²) < 4.78 is 1.80. The number of fused-ring (bicyclic) bond motifs is 1. The molecule has 3 aromatic rings. The zero-order valence-electron chi connectivity index (χ0n) is 23.0. The minimum atomic E-state index is -0.257. The molecule has 0 fully saturated rings. The fourth-order valence-corrected chi connectivity index (χ4v) is 5.30. The van der Waals surface area contributed by atoms with E-state index in [0.717, 1.165) is 19.3 Å². The Balaban J connectivity index is 2.03. The predicted octanol–water partition coefficient (Wildman–Crippen LogP) is 6.79. The molecule has 194 valence electrons. The van der Waals surface area contributed by atoms with E-state index in [0.29, 0.717) is 42.7 Å². The quantitative estimate of drug-likeness (QED) is 0.298. The first-order valence-corrected chi connectivity index (χ1v) is 13.5. The van der Waals surface area contributed by atoms with Gasteiger partial charge in [0, 0.05) is 19.5 Å². The lowest BCUT2D eigenvalue weighted by atomic mass is 9.84. The molecule has 5 heteroatoms. The standard InChI is InChI=1S/C31H43N3O2/c1-7-19-34-29(32-26-17-13-12-16-25(26)30(34)36)27(8-2)33(20-18-24-14-10-9-11-15-24)28(35)21-23(3)22-31(4,5)6/h9-17,23,27H,7-8,18-22H2,1-6H3. The summed E-state index contributed by atoms with van der Waals surface area (Å²) >= 11 is 0. The van der Waals surface area contributed by atoms with Crippen LogP contribution < -0.4 is 5.56 Å². The molecule has 0 aliphatic heterocycles.